The van der Waals surface area contributed by atoms with E-state index >= 15 is 0 Å². The quantitative estimate of drug-likeness (QED) is 0.512. The van der Waals surface area contributed by atoms with Crippen molar-refractivity contribution in [3.8, 4) is 0 Å². The van der Waals surface area contributed by atoms with E-state index in [0.29, 0.717) is 20.6 Å². The summed E-state index contributed by atoms with van der Waals surface area (Å²) in [5.74, 6) is -0.478. The fraction of sp³-hybridized carbons (Fsp3) is 0.333. The van der Waals surface area contributed by atoms with Crippen molar-refractivity contribution in [2.45, 2.75) is 22.8 Å². The Bertz CT molecular complexity index is 1340. The van der Waals surface area contributed by atoms with E-state index in [1.165, 1.54) is 34.6 Å². The summed E-state index contributed by atoms with van der Waals surface area (Å²) in [6.07, 6.45) is 1.38. The second-order valence-electron chi connectivity index (χ2n) is 8.24. The van der Waals surface area contributed by atoms with Crippen LogP contribution >= 0.6 is 27.5 Å². The van der Waals surface area contributed by atoms with Crippen LogP contribution in [0.2, 0.25) is 5.02 Å². The van der Waals surface area contributed by atoms with Crippen molar-refractivity contribution in [1.82, 2.24) is 9.03 Å². The number of fused-ring (bicyclic) bond motifs is 3. The van der Waals surface area contributed by atoms with Gasteiger partial charge in [-0.15, -0.1) is 0 Å². The summed E-state index contributed by atoms with van der Waals surface area (Å²) in [5.41, 5.74) is 0.617. The van der Waals surface area contributed by atoms with Crippen molar-refractivity contribution < 1.29 is 21.2 Å². The predicted octanol–water partition coefficient (Wildman–Crippen LogP) is 3.47. The van der Waals surface area contributed by atoms with E-state index in [-0.39, 0.29) is 36.6 Å². The van der Waals surface area contributed by atoms with Gasteiger partial charge in [-0.3, -0.25) is 0 Å². The normalized spacial score (nSPS) is 23.2. The van der Waals surface area contributed by atoms with Crippen LogP contribution in [0.1, 0.15) is 12.0 Å². The third-order valence-electron chi connectivity index (χ3n) is 6.24. The topological polar surface area (TPSA) is 95.6 Å². The molecule has 0 saturated carbocycles. The smallest absolute Gasteiger partial charge is 0.240 e. The first-order chi connectivity index (χ1) is 15.3. The SMILES string of the molecule is C=C1CN(S(C)(=O)=O)C[C@@H]2Nc3c(F)cc(Br)cc3[C@]12CCNS(=O)(=O)c1ccc(Cl)cc1. The number of piperidine rings is 1. The summed E-state index contributed by atoms with van der Waals surface area (Å²) < 4.78 is 69.2. The molecule has 4 rings (SSSR count). The number of nitrogens with one attached hydrogen (secondary N) is 2. The van der Waals surface area contributed by atoms with Gasteiger partial charge in [0.2, 0.25) is 20.0 Å². The van der Waals surface area contributed by atoms with Crippen molar-refractivity contribution >= 4 is 53.3 Å². The minimum atomic E-state index is -3.80. The molecular formula is C21H22BrClFN3O4S2. The van der Waals surface area contributed by atoms with E-state index in [0.717, 1.165) is 6.26 Å². The van der Waals surface area contributed by atoms with Crippen LogP contribution in [0.15, 0.2) is 57.9 Å². The molecule has 2 aliphatic heterocycles. The van der Waals surface area contributed by atoms with Crippen LogP contribution < -0.4 is 10.0 Å². The Morgan fingerprint density at radius 2 is 1.94 bits per heavy atom. The van der Waals surface area contributed by atoms with Crippen LogP contribution in [0.4, 0.5) is 10.1 Å². The van der Waals surface area contributed by atoms with Gasteiger partial charge in [0.1, 0.15) is 5.82 Å². The second-order valence-corrected chi connectivity index (χ2v) is 13.3. The van der Waals surface area contributed by atoms with Gasteiger partial charge in [0.05, 0.1) is 22.9 Å². The van der Waals surface area contributed by atoms with E-state index in [2.05, 4.69) is 32.5 Å². The molecule has 12 heteroatoms. The van der Waals surface area contributed by atoms with Crippen LogP contribution in [-0.2, 0) is 25.5 Å². The van der Waals surface area contributed by atoms with Crippen LogP contribution in [0.25, 0.3) is 0 Å². The summed E-state index contributed by atoms with van der Waals surface area (Å²) in [6, 6.07) is 8.41. The minimum absolute atomic E-state index is 0.0363. The standard InChI is InChI=1S/C21H22BrClFN3O4S2/c1-13-11-27(32(2,28)29)12-19-21(13,17-9-14(22)10-18(24)20(17)26-19)7-8-25-33(30,31)16-5-3-15(23)4-6-16/h3-6,9-10,19,25-26H,1,7-8,11-12H2,2H3/t19-,21-/m0/s1. The molecule has 0 radical (unpaired) electrons. The first-order valence-corrected chi connectivity index (χ1v) is 14.5. The highest BCUT2D eigenvalue weighted by atomic mass is 79.9. The molecule has 2 aromatic rings. The van der Waals surface area contributed by atoms with E-state index in [9.17, 15) is 21.2 Å². The molecule has 2 atom stereocenters. The number of benzene rings is 2. The number of sulfonamides is 2. The Morgan fingerprint density at radius 1 is 1.27 bits per heavy atom. The number of rotatable bonds is 6. The molecular weight excluding hydrogens is 557 g/mol. The zero-order valence-corrected chi connectivity index (χ0v) is 21.6. The lowest BCUT2D eigenvalue weighted by Gasteiger charge is -2.45. The number of anilines is 1. The highest BCUT2D eigenvalue weighted by Crippen LogP contribution is 2.52. The lowest BCUT2D eigenvalue weighted by Crippen LogP contribution is -2.56. The summed E-state index contributed by atoms with van der Waals surface area (Å²) in [5, 5.41) is 3.56. The molecule has 0 spiro atoms. The average Bonchev–Trinajstić information content (AvgIpc) is 3.03. The van der Waals surface area contributed by atoms with E-state index in [1.807, 2.05) is 0 Å². The molecule has 1 fully saturated rings. The maximum atomic E-state index is 14.8. The Kier molecular flexibility index (Phi) is 6.43. The third-order valence-corrected chi connectivity index (χ3v) is 9.64. The number of halogens is 3. The lowest BCUT2D eigenvalue weighted by atomic mass is 9.67. The largest absolute Gasteiger partial charge is 0.377 e. The highest BCUT2D eigenvalue weighted by molar-refractivity contribution is 9.10. The molecule has 2 heterocycles. The van der Waals surface area contributed by atoms with Crippen LogP contribution in [0.3, 0.4) is 0 Å². The van der Waals surface area contributed by atoms with Gasteiger partial charge in [0.25, 0.3) is 0 Å². The van der Waals surface area contributed by atoms with Gasteiger partial charge in [-0.1, -0.05) is 34.1 Å². The maximum absolute atomic E-state index is 14.8. The van der Waals surface area contributed by atoms with Crippen LogP contribution in [0, 0.1) is 5.82 Å². The second kappa shape index (κ2) is 8.62. The number of hydrogen-bond acceptors (Lipinski definition) is 5. The molecule has 0 unspecified atom stereocenters. The molecule has 0 bridgehead atoms. The first-order valence-electron chi connectivity index (χ1n) is 9.99. The summed E-state index contributed by atoms with van der Waals surface area (Å²) in [6.45, 7) is 4.36. The maximum Gasteiger partial charge on any atom is 0.240 e. The molecule has 2 N–H and O–H groups in total. The van der Waals surface area contributed by atoms with Crippen LogP contribution in [-0.4, -0.2) is 53.1 Å². The molecule has 178 valence electrons. The fourth-order valence-corrected chi connectivity index (χ4v) is 7.03. The van der Waals surface area contributed by atoms with Crippen molar-refractivity contribution in [3.63, 3.8) is 0 Å². The van der Waals surface area contributed by atoms with Gasteiger partial charge >= 0.3 is 0 Å². The number of hydrogen-bond donors (Lipinski definition) is 2. The molecule has 7 nitrogen and oxygen atoms in total. The number of nitrogens with zero attached hydrogens (tertiary/aromatic N) is 1. The molecule has 33 heavy (non-hydrogen) atoms. The van der Waals surface area contributed by atoms with Crippen molar-refractivity contribution in [3.05, 3.63) is 69.4 Å². The predicted molar refractivity (Wildman–Crippen MR) is 130 cm³/mol. The van der Waals surface area contributed by atoms with Crippen LogP contribution in [0.5, 0.6) is 0 Å². The van der Waals surface area contributed by atoms with E-state index < -0.39 is 37.3 Å². The Hall–Kier alpha value is -1.50. The third kappa shape index (κ3) is 4.46. The van der Waals surface area contributed by atoms with Gasteiger partial charge in [0, 0.05) is 34.5 Å². The Balaban J connectivity index is 1.67. The van der Waals surface area contributed by atoms with E-state index in [1.54, 1.807) is 6.07 Å². The Morgan fingerprint density at radius 3 is 2.58 bits per heavy atom. The van der Waals surface area contributed by atoms with Crippen molar-refractivity contribution in [1.29, 1.82) is 0 Å². The summed E-state index contributed by atoms with van der Waals surface area (Å²) >= 11 is 9.18. The lowest BCUT2D eigenvalue weighted by molar-refractivity contribution is 0.280. The zero-order valence-electron chi connectivity index (χ0n) is 17.6. The molecule has 0 aliphatic carbocycles. The van der Waals surface area contributed by atoms with Gasteiger partial charge in [-0.2, -0.15) is 4.31 Å². The fourth-order valence-electron chi connectivity index (χ4n) is 4.64. The van der Waals surface area contributed by atoms with Gasteiger partial charge in [0.15, 0.2) is 0 Å². The highest BCUT2D eigenvalue weighted by Gasteiger charge is 2.53. The van der Waals surface area contributed by atoms with Crippen molar-refractivity contribution in [2.24, 2.45) is 0 Å². The zero-order chi connectivity index (χ0) is 24.2. The van der Waals surface area contributed by atoms with Gasteiger partial charge < -0.3 is 5.32 Å². The van der Waals surface area contributed by atoms with E-state index in [4.69, 9.17) is 11.6 Å². The average molecular weight is 579 g/mol. The Labute approximate surface area is 206 Å². The van der Waals surface area contributed by atoms with Crippen molar-refractivity contribution in [2.75, 3.05) is 31.2 Å². The summed E-state index contributed by atoms with van der Waals surface area (Å²) in [7, 11) is -7.31. The molecule has 2 aromatic carbocycles. The molecule has 2 aliphatic rings. The summed E-state index contributed by atoms with van der Waals surface area (Å²) in [4.78, 5) is 0.0745. The van der Waals surface area contributed by atoms with Gasteiger partial charge in [-0.05, 0) is 54.0 Å². The van der Waals surface area contributed by atoms with Gasteiger partial charge in [-0.25, -0.2) is 25.9 Å². The molecule has 0 aromatic heterocycles. The molecule has 0 amide bonds. The molecule has 1 saturated heterocycles. The monoisotopic (exact) mass is 577 g/mol. The minimum Gasteiger partial charge on any atom is -0.377 e. The first kappa shape index (κ1) is 24.6.